The van der Waals surface area contributed by atoms with E-state index in [0.29, 0.717) is 29.7 Å². The van der Waals surface area contributed by atoms with E-state index in [-0.39, 0.29) is 11.9 Å². The maximum atomic E-state index is 14.3. The molecule has 0 spiro atoms. The second-order valence-corrected chi connectivity index (χ2v) is 7.16. The summed E-state index contributed by atoms with van der Waals surface area (Å²) < 4.78 is 23.4. The lowest BCUT2D eigenvalue weighted by Gasteiger charge is -2.32. The molecule has 5 aromatic rings. The van der Waals surface area contributed by atoms with Gasteiger partial charge in [0, 0.05) is 38.1 Å². The summed E-state index contributed by atoms with van der Waals surface area (Å²) in [7, 11) is 1.82. The van der Waals surface area contributed by atoms with Crippen molar-refractivity contribution in [1.82, 2.24) is 39.6 Å². The number of H-pyrrole nitrogens is 1. The summed E-state index contributed by atoms with van der Waals surface area (Å²) in [6.07, 6.45) is 7.59. The Balaban J connectivity index is 1.46. The smallest absolute Gasteiger partial charge is 0.319 e. The number of aryl methyl sites for hydroxylation is 1. The number of aromatic amines is 1. The number of aromatic nitrogens is 8. The summed E-state index contributed by atoms with van der Waals surface area (Å²) in [6, 6.07) is 4.73. The van der Waals surface area contributed by atoms with Crippen LogP contribution in [0.2, 0.25) is 0 Å². The zero-order chi connectivity index (χ0) is 20.2. The van der Waals surface area contributed by atoms with Gasteiger partial charge in [-0.1, -0.05) is 5.10 Å². The number of nitrogens with one attached hydrogen (secondary N) is 1. The molecule has 0 bridgehead atoms. The summed E-state index contributed by atoms with van der Waals surface area (Å²) in [5, 5.41) is 17.2. The van der Waals surface area contributed by atoms with Gasteiger partial charge < -0.3 is 14.3 Å². The Morgan fingerprint density at radius 2 is 2.23 bits per heavy atom. The number of nitrogens with zero attached hydrogens (tertiary/aromatic N) is 8. The van der Waals surface area contributed by atoms with E-state index in [0.717, 1.165) is 23.4 Å². The third-order valence-corrected chi connectivity index (χ3v) is 5.29. The molecule has 1 aliphatic heterocycles. The van der Waals surface area contributed by atoms with Crippen LogP contribution in [0, 0.1) is 5.82 Å². The van der Waals surface area contributed by atoms with Crippen molar-refractivity contribution >= 4 is 11.5 Å². The van der Waals surface area contributed by atoms with Crippen LogP contribution in [0.4, 0.5) is 10.4 Å². The molecule has 10 nitrogen and oxygen atoms in total. The summed E-state index contributed by atoms with van der Waals surface area (Å²) in [6.45, 7) is 0.616. The molecule has 1 N–H and O–H groups in total. The average Bonchev–Trinajstić information content (AvgIpc) is 3.52. The first-order valence-electron chi connectivity index (χ1n) is 9.42. The molecule has 30 heavy (non-hydrogen) atoms. The van der Waals surface area contributed by atoms with Crippen LogP contribution in [0.1, 0.15) is 23.1 Å². The highest BCUT2D eigenvalue weighted by Gasteiger charge is 2.36. The van der Waals surface area contributed by atoms with Gasteiger partial charge in [0.25, 0.3) is 5.89 Å². The highest BCUT2D eigenvalue weighted by Crippen LogP contribution is 2.37. The molecule has 0 aromatic carbocycles. The fourth-order valence-corrected chi connectivity index (χ4v) is 3.90. The van der Waals surface area contributed by atoms with Crippen LogP contribution in [0.15, 0.2) is 47.5 Å². The van der Waals surface area contributed by atoms with Gasteiger partial charge in [0.1, 0.15) is 17.4 Å². The van der Waals surface area contributed by atoms with Crippen LogP contribution < -0.4 is 4.90 Å². The van der Waals surface area contributed by atoms with Gasteiger partial charge in [0.05, 0.1) is 29.5 Å². The second-order valence-electron chi connectivity index (χ2n) is 7.16. The number of rotatable bonds is 3. The summed E-state index contributed by atoms with van der Waals surface area (Å²) in [5.74, 6) is 0.0447. The molecule has 11 heteroatoms. The van der Waals surface area contributed by atoms with Crippen molar-refractivity contribution in [2.75, 3.05) is 11.4 Å². The number of imidazole rings is 1. The fourth-order valence-electron chi connectivity index (χ4n) is 3.90. The van der Waals surface area contributed by atoms with Crippen molar-refractivity contribution in [1.29, 1.82) is 0 Å². The van der Waals surface area contributed by atoms with Crippen molar-refractivity contribution in [2.24, 2.45) is 7.05 Å². The van der Waals surface area contributed by atoms with Gasteiger partial charge >= 0.3 is 6.01 Å². The van der Waals surface area contributed by atoms with Gasteiger partial charge in [-0.05, 0) is 18.2 Å². The predicted octanol–water partition coefficient (Wildman–Crippen LogP) is 2.13. The molecule has 1 atom stereocenters. The van der Waals surface area contributed by atoms with E-state index in [4.69, 9.17) is 4.42 Å². The van der Waals surface area contributed by atoms with E-state index in [1.807, 2.05) is 18.1 Å². The Kier molecular flexibility index (Phi) is 3.51. The molecule has 0 amide bonds. The molecule has 6 rings (SSSR count). The molecule has 0 radical (unpaired) electrons. The van der Waals surface area contributed by atoms with Crippen molar-refractivity contribution in [3.8, 4) is 11.5 Å². The maximum Gasteiger partial charge on any atom is 0.319 e. The van der Waals surface area contributed by atoms with Crippen LogP contribution >= 0.6 is 0 Å². The Bertz CT molecular complexity index is 1360. The lowest BCUT2D eigenvalue weighted by Crippen LogP contribution is -2.36. The van der Waals surface area contributed by atoms with Crippen LogP contribution in [0.25, 0.3) is 17.0 Å². The largest absolute Gasteiger partial charge is 0.403 e. The Labute approximate surface area is 169 Å². The van der Waals surface area contributed by atoms with Gasteiger partial charge in [0.15, 0.2) is 0 Å². The highest BCUT2D eigenvalue weighted by molar-refractivity contribution is 5.54. The molecule has 6 heterocycles. The maximum absolute atomic E-state index is 14.3. The van der Waals surface area contributed by atoms with Gasteiger partial charge in [-0.2, -0.15) is 10.2 Å². The van der Waals surface area contributed by atoms with Crippen LogP contribution in [0.3, 0.4) is 0 Å². The predicted molar refractivity (Wildman–Crippen MR) is 103 cm³/mol. The summed E-state index contributed by atoms with van der Waals surface area (Å²) in [5.41, 5.74) is 3.61. The van der Waals surface area contributed by atoms with E-state index in [1.165, 1.54) is 10.6 Å². The Morgan fingerprint density at radius 1 is 1.30 bits per heavy atom. The number of fused-ring (bicyclic) bond motifs is 2. The fraction of sp³-hybridized carbons (Fsp3) is 0.211. The lowest BCUT2D eigenvalue weighted by atomic mass is 10.0. The second kappa shape index (κ2) is 6.24. The molecule has 0 saturated heterocycles. The minimum Gasteiger partial charge on any atom is -0.403 e. The van der Waals surface area contributed by atoms with Crippen molar-refractivity contribution in [3.05, 3.63) is 66.0 Å². The molecule has 150 valence electrons. The zero-order valence-corrected chi connectivity index (χ0v) is 15.9. The quantitative estimate of drug-likeness (QED) is 0.490. The van der Waals surface area contributed by atoms with E-state index < -0.39 is 0 Å². The number of hydrogen-bond acceptors (Lipinski definition) is 7. The number of pyridine rings is 1. The van der Waals surface area contributed by atoms with Gasteiger partial charge in [-0.15, -0.1) is 5.10 Å². The van der Waals surface area contributed by atoms with Crippen molar-refractivity contribution in [2.45, 2.75) is 12.5 Å². The number of anilines is 1. The molecule has 5 aromatic heterocycles. The minimum absolute atomic E-state index is 0.336. The first-order chi connectivity index (χ1) is 14.7. The number of halogens is 1. The number of hydrogen-bond donors (Lipinski definition) is 1. The first kappa shape index (κ1) is 16.9. The van der Waals surface area contributed by atoms with Crippen molar-refractivity contribution in [3.63, 3.8) is 0 Å². The van der Waals surface area contributed by atoms with E-state index in [1.54, 1.807) is 35.5 Å². The van der Waals surface area contributed by atoms with E-state index >= 15 is 0 Å². The molecule has 1 unspecified atom stereocenters. The van der Waals surface area contributed by atoms with Gasteiger partial charge in [-0.3, -0.25) is 4.68 Å². The summed E-state index contributed by atoms with van der Waals surface area (Å²) in [4.78, 5) is 9.65. The normalized spacial score (nSPS) is 16.3. The first-order valence-corrected chi connectivity index (χ1v) is 9.42. The van der Waals surface area contributed by atoms with Crippen LogP contribution in [0.5, 0.6) is 0 Å². The molecule has 0 saturated carbocycles. The third-order valence-electron chi connectivity index (χ3n) is 5.29. The molecule has 0 fully saturated rings. The van der Waals surface area contributed by atoms with E-state index in [9.17, 15) is 4.39 Å². The third kappa shape index (κ3) is 2.51. The minimum atomic E-state index is -0.388. The van der Waals surface area contributed by atoms with Gasteiger partial charge in [0.2, 0.25) is 0 Å². The Morgan fingerprint density at radius 3 is 3.07 bits per heavy atom. The Hall–Kier alpha value is -4.02. The molecule has 0 aliphatic carbocycles. The molecule has 1 aliphatic rings. The standard InChI is InChI=1S/C19H16FN9O/c1-27-9-11(8-23-27)18-24-25-19(30-18)28-6-4-13-16(22-10-21-13)17(28)14-7-15-12(20)3-2-5-29(15)26-14/h2-3,5,7-10,17H,4,6H2,1H3,(H,21,22). The average molecular weight is 405 g/mol. The topological polar surface area (TPSA) is 106 Å². The molecular weight excluding hydrogens is 389 g/mol. The monoisotopic (exact) mass is 405 g/mol. The summed E-state index contributed by atoms with van der Waals surface area (Å²) >= 11 is 0. The van der Waals surface area contributed by atoms with Crippen LogP contribution in [-0.2, 0) is 13.5 Å². The lowest BCUT2D eigenvalue weighted by molar-refractivity contribution is 0.503. The van der Waals surface area contributed by atoms with Gasteiger partial charge in [-0.25, -0.2) is 13.9 Å². The molecular formula is C19H16FN9O. The highest BCUT2D eigenvalue weighted by atomic mass is 19.1. The van der Waals surface area contributed by atoms with E-state index in [2.05, 4.69) is 30.4 Å². The SMILES string of the molecule is Cn1cc(-c2nnc(N3CCc4[nH]cnc4C3c3cc4c(F)cccn4n3)o2)cn1. The van der Waals surface area contributed by atoms with Crippen LogP contribution in [-0.4, -0.2) is 46.1 Å². The van der Waals surface area contributed by atoms with Crippen molar-refractivity contribution < 1.29 is 8.81 Å². The zero-order valence-electron chi connectivity index (χ0n) is 15.9.